The Morgan fingerprint density at radius 2 is 1.90 bits per heavy atom. The minimum atomic E-state index is -0.956. The molecule has 2 heterocycles. The van der Waals surface area contributed by atoms with Crippen LogP contribution in [-0.4, -0.2) is 33.3 Å². The average molecular weight is 398 g/mol. The fourth-order valence-corrected chi connectivity index (χ4v) is 3.36. The number of pyridine rings is 1. The molecule has 0 saturated carbocycles. The van der Waals surface area contributed by atoms with Crippen LogP contribution < -0.4 is 10.5 Å². The van der Waals surface area contributed by atoms with Gasteiger partial charge in [0.25, 0.3) is 0 Å². The number of nitrogens with two attached hydrogens (primary N) is 1. The van der Waals surface area contributed by atoms with E-state index in [0.29, 0.717) is 23.1 Å². The van der Waals surface area contributed by atoms with Crippen molar-refractivity contribution in [2.75, 3.05) is 6.61 Å². The summed E-state index contributed by atoms with van der Waals surface area (Å²) in [6.45, 7) is 5.67. The standard InChI is InChI=1S/C21H23FN4O3/c1-13(2)11-21(3,29-20(23)27)12-28-17-5-4-14(10-16(17)22)15-6-7-25-19-18(15)24-8-9-26-19/h4-10,13H,11-12H2,1-3H3,(H2,23,27)/t21-/m0/s1. The number of fused-ring (bicyclic) bond motifs is 1. The summed E-state index contributed by atoms with van der Waals surface area (Å²) in [6, 6.07) is 6.39. The molecule has 1 amide bonds. The Bertz CT molecular complexity index is 1020. The van der Waals surface area contributed by atoms with Crippen LogP contribution in [0.25, 0.3) is 22.3 Å². The number of rotatable bonds is 7. The molecular weight excluding hydrogens is 375 g/mol. The van der Waals surface area contributed by atoms with E-state index in [-0.39, 0.29) is 18.3 Å². The number of halogens is 1. The molecule has 1 atom stereocenters. The number of aromatic nitrogens is 3. The summed E-state index contributed by atoms with van der Waals surface area (Å²) < 4.78 is 25.6. The van der Waals surface area contributed by atoms with E-state index in [2.05, 4.69) is 15.0 Å². The first-order chi connectivity index (χ1) is 13.8. The zero-order valence-electron chi connectivity index (χ0n) is 16.6. The van der Waals surface area contributed by atoms with Crippen molar-refractivity contribution in [3.8, 4) is 16.9 Å². The Hall–Kier alpha value is -3.29. The molecule has 0 aliphatic carbocycles. The monoisotopic (exact) mass is 398 g/mol. The van der Waals surface area contributed by atoms with Crippen LogP contribution in [0.15, 0.2) is 42.9 Å². The van der Waals surface area contributed by atoms with Gasteiger partial charge in [-0.25, -0.2) is 19.2 Å². The second-order valence-corrected chi connectivity index (χ2v) is 7.49. The second kappa shape index (κ2) is 8.38. The molecule has 0 spiro atoms. The molecule has 0 bridgehead atoms. The molecule has 2 aromatic heterocycles. The molecule has 0 aliphatic rings. The van der Waals surface area contributed by atoms with E-state index in [4.69, 9.17) is 15.2 Å². The van der Waals surface area contributed by atoms with Crippen molar-refractivity contribution in [3.05, 3.63) is 48.7 Å². The van der Waals surface area contributed by atoms with E-state index in [9.17, 15) is 9.18 Å². The van der Waals surface area contributed by atoms with E-state index >= 15 is 0 Å². The lowest BCUT2D eigenvalue weighted by Crippen LogP contribution is -2.41. The number of hydrogen-bond acceptors (Lipinski definition) is 6. The highest BCUT2D eigenvalue weighted by molar-refractivity contribution is 5.88. The Kier molecular flexibility index (Phi) is 5.91. The van der Waals surface area contributed by atoms with Crippen molar-refractivity contribution >= 4 is 17.3 Å². The lowest BCUT2D eigenvalue weighted by molar-refractivity contribution is -0.0193. The van der Waals surface area contributed by atoms with Crippen LogP contribution in [0.3, 0.4) is 0 Å². The molecule has 3 aromatic rings. The van der Waals surface area contributed by atoms with Gasteiger partial charge in [0, 0.05) is 24.2 Å². The summed E-state index contributed by atoms with van der Waals surface area (Å²) >= 11 is 0. The van der Waals surface area contributed by atoms with Gasteiger partial charge in [-0.05, 0) is 43.0 Å². The lowest BCUT2D eigenvalue weighted by Gasteiger charge is -2.30. The highest BCUT2D eigenvalue weighted by Crippen LogP contribution is 2.30. The van der Waals surface area contributed by atoms with Crippen LogP contribution in [0.5, 0.6) is 5.75 Å². The van der Waals surface area contributed by atoms with Crippen molar-refractivity contribution in [1.82, 2.24) is 15.0 Å². The van der Waals surface area contributed by atoms with Crippen LogP contribution >= 0.6 is 0 Å². The quantitative estimate of drug-likeness (QED) is 0.643. The van der Waals surface area contributed by atoms with E-state index in [1.807, 2.05) is 13.8 Å². The molecule has 0 aliphatic heterocycles. The Morgan fingerprint density at radius 3 is 2.59 bits per heavy atom. The first-order valence-corrected chi connectivity index (χ1v) is 9.24. The molecule has 0 saturated heterocycles. The zero-order chi connectivity index (χ0) is 21.0. The van der Waals surface area contributed by atoms with E-state index in [1.165, 1.54) is 12.1 Å². The molecule has 3 rings (SSSR count). The smallest absolute Gasteiger partial charge is 0.405 e. The molecule has 2 N–H and O–H groups in total. The van der Waals surface area contributed by atoms with Crippen molar-refractivity contribution in [1.29, 1.82) is 0 Å². The normalized spacial score (nSPS) is 13.3. The second-order valence-electron chi connectivity index (χ2n) is 7.49. The third kappa shape index (κ3) is 4.96. The van der Waals surface area contributed by atoms with Crippen LogP contribution in [0.4, 0.5) is 9.18 Å². The molecule has 0 unspecified atom stereocenters. The summed E-state index contributed by atoms with van der Waals surface area (Å²) in [5.74, 6) is -0.250. The van der Waals surface area contributed by atoms with E-state index in [0.717, 1.165) is 5.56 Å². The van der Waals surface area contributed by atoms with E-state index < -0.39 is 17.5 Å². The van der Waals surface area contributed by atoms with Gasteiger partial charge in [0.15, 0.2) is 17.2 Å². The third-order valence-corrected chi connectivity index (χ3v) is 4.33. The van der Waals surface area contributed by atoms with Gasteiger partial charge in [-0.15, -0.1) is 0 Å². The minimum absolute atomic E-state index is 0.0198. The van der Waals surface area contributed by atoms with Crippen LogP contribution in [0.2, 0.25) is 0 Å². The number of primary amides is 1. The lowest BCUT2D eigenvalue weighted by atomic mass is 9.95. The maximum Gasteiger partial charge on any atom is 0.405 e. The summed E-state index contributed by atoms with van der Waals surface area (Å²) in [5.41, 5.74) is 6.63. The SMILES string of the molecule is CC(C)C[C@@](C)(COc1ccc(-c2ccnc3nccnc23)cc1F)OC(N)=O. The molecular formula is C21H23FN4O3. The number of ether oxygens (including phenoxy) is 2. The van der Waals surface area contributed by atoms with Crippen molar-refractivity contribution in [2.24, 2.45) is 11.7 Å². The number of hydrogen-bond donors (Lipinski definition) is 1. The molecule has 0 radical (unpaired) electrons. The number of benzene rings is 1. The summed E-state index contributed by atoms with van der Waals surface area (Å²) in [4.78, 5) is 23.9. The Morgan fingerprint density at radius 1 is 1.17 bits per heavy atom. The van der Waals surface area contributed by atoms with Crippen molar-refractivity contribution in [3.63, 3.8) is 0 Å². The van der Waals surface area contributed by atoms with Gasteiger partial charge in [-0.1, -0.05) is 19.9 Å². The molecule has 29 heavy (non-hydrogen) atoms. The van der Waals surface area contributed by atoms with Gasteiger partial charge in [-0.3, -0.25) is 4.98 Å². The summed E-state index contributed by atoms with van der Waals surface area (Å²) in [7, 11) is 0. The van der Waals surface area contributed by atoms with Gasteiger partial charge in [0.2, 0.25) is 0 Å². The first kappa shape index (κ1) is 20.4. The number of amides is 1. The molecule has 0 fully saturated rings. The predicted molar refractivity (Wildman–Crippen MR) is 107 cm³/mol. The fraction of sp³-hybridized carbons (Fsp3) is 0.333. The van der Waals surface area contributed by atoms with Crippen molar-refractivity contribution in [2.45, 2.75) is 32.8 Å². The Labute approximate surface area is 168 Å². The van der Waals surface area contributed by atoms with Gasteiger partial charge in [-0.2, -0.15) is 0 Å². The minimum Gasteiger partial charge on any atom is -0.486 e. The highest BCUT2D eigenvalue weighted by atomic mass is 19.1. The van der Waals surface area contributed by atoms with Gasteiger partial charge < -0.3 is 15.2 Å². The van der Waals surface area contributed by atoms with Gasteiger partial charge in [0.05, 0.1) is 0 Å². The predicted octanol–water partition coefficient (Wildman–Crippen LogP) is 4.11. The third-order valence-electron chi connectivity index (χ3n) is 4.33. The number of carbonyl (C=O) groups is 1. The van der Waals surface area contributed by atoms with Crippen LogP contribution in [-0.2, 0) is 4.74 Å². The summed E-state index contributed by atoms with van der Waals surface area (Å²) in [5, 5.41) is 0. The highest BCUT2D eigenvalue weighted by Gasteiger charge is 2.31. The molecule has 152 valence electrons. The largest absolute Gasteiger partial charge is 0.486 e. The molecule has 1 aromatic carbocycles. The maximum absolute atomic E-state index is 14.7. The van der Waals surface area contributed by atoms with Crippen LogP contribution in [0, 0.1) is 11.7 Å². The van der Waals surface area contributed by atoms with Crippen LogP contribution in [0.1, 0.15) is 27.2 Å². The summed E-state index contributed by atoms with van der Waals surface area (Å²) in [6.07, 6.45) is 4.36. The van der Waals surface area contributed by atoms with Gasteiger partial charge in [0.1, 0.15) is 17.7 Å². The Balaban J connectivity index is 1.83. The number of carbonyl (C=O) groups excluding carboxylic acids is 1. The number of nitrogens with zero attached hydrogens (tertiary/aromatic N) is 3. The van der Waals surface area contributed by atoms with Gasteiger partial charge >= 0.3 is 6.09 Å². The van der Waals surface area contributed by atoms with E-state index in [1.54, 1.807) is 37.6 Å². The topological polar surface area (TPSA) is 100 Å². The fourth-order valence-electron chi connectivity index (χ4n) is 3.36. The zero-order valence-corrected chi connectivity index (χ0v) is 16.6. The average Bonchev–Trinajstić information content (AvgIpc) is 2.65. The first-order valence-electron chi connectivity index (χ1n) is 9.24. The molecule has 7 nitrogen and oxygen atoms in total. The maximum atomic E-state index is 14.7. The molecule has 8 heteroatoms. The van der Waals surface area contributed by atoms with Crippen molar-refractivity contribution < 1.29 is 18.7 Å².